The van der Waals surface area contributed by atoms with Gasteiger partial charge in [-0.25, -0.2) is 0 Å². The maximum absolute atomic E-state index is 11.6. The van der Waals surface area contributed by atoms with Crippen molar-refractivity contribution in [3.8, 4) is 11.5 Å². The van der Waals surface area contributed by atoms with Crippen LogP contribution < -0.4 is 4.74 Å². The van der Waals surface area contributed by atoms with E-state index in [1.54, 1.807) is 25.3 Å². The van der Waals surface area contributed by atoms with Gasteiger partial charge in [0.15, 0.2) is 0 Å². The first-order chi connectivity index (χ1) is 10.1. The monoisotopic (exact) mass is 291 g/mol. The van der Waals surface area contributed by atoms with Gasteiger partial charge in [0.2, 0.25) is 0 Å². The molecule has 0 bridgehead atoms. The average molecular weight is 291 g/mol. The first kappa shape index (κ1) is 14.2. The largest absolute Gasteiger partial charge is 0.507 e. The summed E-state index contributed by atoms with van der Waals surface area (Å²) in [5.41, 5.74) is 0.752. The van der Waals surface area contributed by atoms with Gasteiger partial charge in [0, 0.05) is 24.7 Å². The quantitative estimate of drug-likeness (QED) is 0.889. The molecule has 2 aliphatic rings. The van der Waals surface area contributed by atoms with Crippen molar-refractivity contribution in [3.63, 3.8) is 0 Å². The third kappa shape index (κ3) is 2.58. The average Bonchev–Trinajstić information content (AvgIpc) is 3.00. The number of fused-ring (bicyclic) bond motifs is 1. The molecule has 1 heterocycles. The maximum atomic E-state index is 11.6. The highest BCUT2D eigenvalue weighted by atomic mass is 16.5. The fraction of sp³-hybridized carbons (Fsp3) is 0.562. The summed E-state index contributed by atoms with van der Waals surface area (Å²) in [6.07, 6.45) is 3.27. The lowest BCUT2D eigenvalue weighted by atomic mass is 9.94. The van der Waals surface area contributed by atoms with E-state index in [0.29, 0.717) is 18.2 Å². The van der Waals surface area contributed by atoms with Crippen LogP contribution in [0.2, 0.25) is 0 Å². The third-order valence-electron chi connectivity index (χ3n) is 4.90. The van der Waals surface area contributed by atoms with Crippen LogP contribution in [-0.4, -0.2) is 40.8 Å². The number of ether oxygens (including phenoxy) is 1. The Hall–Kier alpha value is -1.75. The molecule has 1 saturated carbocycles. The molecule has 114 valence electrons. The Morgan fingerprint density at radius 1 is 1.43 bits per heavy atom. The Morgan fingerprint density at radius 3 is 2.90 bits per heavy atom. The molecule has 2 N–H and O–H groups in total. The number of carboxylic acid groups (broad SMARTS) is 1. The first-order valence-electron chi connectivity index (χ1n) is 7.43. The molecule has 1 aromatic carbocycles. The van der Waals surface area contributed by atoms with Crippen LogP contribution >= 0.6 is 0 Å². The zero-order valence-corrected chi connectivity index (χ0v) is 12.2. The van der Waals surface area contributed by atoms with Crippen molar-refractivity contribution in [2.75, 3.05) is 13.7 Å². The molecule has 3 rings (SSSR count). The van der Waals surface area contributed by atoms with Gasteiger partial charge in [-0.3, -0.25) is 9.69 Å². The number of hydrogen-bond acceptors (Lipinski definition) is 4. The standard InChI is InChI=1S/C16H21NO4/c1-21-12-6-5-11(14(18)7-12)9-17-8-10-3-2-4-13(10)15(17)16(19)20/h5-7,10,13,15,18H,2-4,8-9H2,1H3,(H,19,20). The Balaban J connectivity index is 1.79. The van der Waals surface area contributed by atoms with E-state index in [0.717, 1.165) is 31.4 Å². The fourth-order valence-corrected chi connectivity index (χ4v) is 3.92. The van der Waals surface area contributed by atoms with Crippen molar-refractivity contribution in [1.29, 1.82) is 0 Å². The number of aliphatic carboxylic acids is 1. The van der Waals surface area contributed by atoms with Gasteiger partial charge in [-0.2, -0.15) is 0 Å². The lowest BCUT2D eigenvalue weighted by Gasteiger charge is -2.24. The molecule has 0 aromatic heterocycles. The van der Waals surface area contributed by atoms with Crippen molar-refractivity contribution < 1.29 is 19.7 Å². The van der Waals surface area contributed by atoms with Crippen molar-refractivity contribution in [3.05, 3.63) is 23.8 Å². The Bertz CT molecular complexity index is 545. The summed E-state index contributed by atoms with van der Waals surface area (Å²) in [6.45, 7) is 1.28. The number of methoxy groups -OCH3 is 1. The van der Waals surface area contributed by atoms with Crippen LogP contribution in [0.3, 0.4) is 0 Å². The molecule has 3 atom stereocenters. The maximum Gasteiger partial charge on any atom is 0.321 e. The lowest BCUT2D eigenvalue weighted by molar-refractivity contribution is -0.143. The summed E-state index contributed by atoms with van der Waals surface area (Å²) in [5.74, 6) is 0.784. The minimum atomic E-state index is -0.739. The number of benzene rings is 1. The zero-order chi connectivity index (χ0) is 15.0. The van der Waals surface area contributed by atoms with Crippen LogP contribution in [0, 0.1) is 11.8 Å². The summed E-state index contributed by atoms with van der Waals surface area (Å²) in [4.78, 5) is 13.6. The second-order valence-corrected chi connectivity index (χ2v) is 6.06. The lowest BCUT2D eigenvalue weighted by Crippen LogP contribution is -2.39. The van der Waals surface area contributed by atoms with E-state index in [1.807, 2.05) is 4.90 Å². The van der Waals surface area contributed by atoms with Crippen molar-refractivity contribution in [2.24, 2.45) is 11.8 Å². The van der Waals surface area contributed by atoms with Gasteiger partial charge in [0.05, 0.1) is 7.11 Å². The summed E-state index contributed by atoms with van der Waals surface area (Å²) in [6, 6.07) is 4.75. The number of carboxylic acids is 1. The molecular weight excluding hydrogens is 270 g/mol. The number of hydrogen-bond donors (Lipinski definition) is 2. The molecule has 2 fully saturated rings. The first-order valence-corrected chi connectivity index (χ1v) is 7.43. The van der Waals surface area contributed by atoms with Gasteiger partial charge in [-0.05, 0) is 30.7 Å². The predicted molar refractivity (Wildman–Crippen MR) is 77.3 cm³/mol. The number of carbonyl (C=O) groups is 1. The molecule has 0 spiro atoms. The molecule has 3 unspecified atom stereocenters. The molecule has 1 saturated heterocycles. The molecule has 0 amide bonds. The highest BCUT2D eigenvalue weighted by Gasteiger charge is 2.47. The number of phenolic OH excluding ortho intramolecular Hbond substituents is 1. The van der Waals surface area contributed by atoms with Crippen LogP contribution in [0.1, 0.15) is 24.8 Å². The van der Waals surface area contributed by atoms with E-state index >= 15 is 0 Å². The normalized spacial score (nSPS) is 28.5. The minimum Gasteiger partial charge on any atom is -0.507 e. The van der Waals surface area contributed by atoms with Gasteiger partial charge < -0.3 is 14.9 Å². The van der Waals surface area contributed by atoms with Crippen LogP contribution in [0.4, 0.5) is 0 Å². The number of nitrogens with zero attached hydrogens (tertiary/aromatic N) is 1. The third-order valence-corrected chi connectivity index (χ3v) is 4.90. The zero-order valence-electron chi connectivity index (χ0n) is 12.2. The molecule has 1 aliphatic heterocycles. The van der Waals surface area contributed by atoms with E-state index in [9.17, 15) is 15.0 Å². The molecule has 0 radical (unpaired) electrons. The van der Waals surface area contributed by atoms with Gasteiger partial charge >= 0.3 is 5.97 Å². The van der Waals surface area contributed by atoms with Gasteiger partial charge in [-0.15, -0.1) is 0 Å². The van der Waals surface area contributed by atoms with Crippen LogP contribution in [0.15, 0.2) is 18.2 Å². The van der Waals surface area contributed by atoms with Crippen LogP contribution in [0.25, 0.3) is 0 Å². The van der Waals surface area contributed by atoms with Gasteiger partial charge in [0.25, 0.3) is 0 Å². The second-order valence-electron chi connectivity index (χ2n) is 6.06. The fourth-order valence-electron chi connectivity index (χ4n) is 3.92. The number of aromatic hydroxyl groups is 1. The Labute approximate surface area is 124 Å². The number of phenols is 1. The topological polar surface area (TPSA) is 70.0 Å². The Morgan fingerprint density at radius 2 is 2.24 bits per heavy atom. The van der Waals surface area contributed by atoms with E-state index in [2.05, 4.69) is 0 Å². The molecule has 1 aromatic rings. The number of rotatable bonds is 4. The second kappa shape index (κ2) is 5.56. The van der Waals surface area contributed by atoms with E-state index in [1.165, 1.54) is 0 Å². The molecule has 1 aliphatic carbocycles. The van der Waals surface area contributed by atoms with Crippen molar-refractivity contribution in [1.82, 2.24) is 4.90 Å². The van der Waals surface area contributed by atoms with Gasteiger partial charge in [0.1, 0.15) is 17.5 Å². The SMILES string of the molecule is COc1ccc(CN2CC3CCCC3C2C(=O)O)c(O)c1. The Kier molecular flexibility index (Phi) is 3.76. The van der Waals surface area contributed by atoms with Crippen molar-refractivity contribution >= 4 is 5.97 Å². The highest BCUT2D eigenvalue weighted by molar-refractivity contribution is 5.74. The highest BCUT2D eigenvalue weighted by Crippen LogP contribution is 2.43. The molecule has 21 heavy (non-hydrogen) atoms. The predicted octanol–water partition coefficient (Wildman–Crippen LogP) is 2.09. The van der Waals surface area contributed by atoms with Crippen LogP contribution in [-0.2, 0) is 11.3 Å². The molecular formula is C16H21NO4. The van der Waals surface area contributed by atoms with Gasteiger partial charge in [-0.1, -0.05) is 12.5 Å². The van der Waals surface area contributed by atoms with Crippen molar-refractivity contribution in [2.45, 2.75) is 31.8 Å². The summed E-state index contributed by atoms with van der Waals surface area (Å²) in [5, 5.41) is 19.6. The van der Waals surface area contributed by atoms with E-state index < -0.39 is 12.0 Å². The summed E-state index contributed by atoms with van der Waals surface area (Å²) in [7, 11) is 1.55. The van der Waals surface area contributed by atoms with E-state index in [-0.39, 0.29) is 11.7 Å². The molecule has 5 nitrogen and oxygen atoms in total. The minimum absolute atomic E-state index is 0.163. The van der Waals surface area contributed by atoms with E-state index in [4.69, 9.17) is 4.74 Å². The smallest absolute Gasteiger partial charge is 0.321 e. The number of likely N-dealkylation sites (tertiary alicyclic amines) is 1. The van der Waals surface area contributed by atoms with Crippen LogP contribution in [0.5, 0.6) is 11.5 Å². The summed E-state index contributed by atoms with van der Waals surface area (Å²) < 4.78 is 5.07. The molecule has 5 heteroatoms. The summed E-state index contributed by atoms with van der Waals surface area (Å²) >= 11 is 0.